The molecular formula is C10H20N4. The van der Waals surface area contributed by atoms with Crippen LogP contribution in [0.4, 0.5) is 0 Å². The number of rotatable bonds is 0. The molecule has 0 radical (unpaired) electrons. The van der Waals surface area contributed by atoms with E-state index in [1.165, 1.54) is 0 Å². The molecule has 1 unspecified atom stereocenters. The van der Waals surface area contributed by atoms with E-state index in [2.05, 4.69) is 23.7 Å². The molecule has 4 heteroatoms. The van der Waals surface area contributed by atoms with E-state index in [9.17, 15) is 0 Å². The fraction of sp³-hybridized carbons (Fsp3) is 0.600. The number of hydrogen-bond acceptors (Lipinski definition) is 4. The topological polar surface area (TPSA) is 44.5 Å². The van der Waals surface area contributed by atoms with Crippen LogP contribution >= 0.6 is 0 Å². The molecule has 0 aromatic carbocycles. The van der Waals surface area contributed by atoms with Crippen LogP contribution in [-0.4, -0.2) is 42.8 Å². The maximum Gasteiger partial charge on any atom is 0.0767 e. The van der Waals surface area contributed by atoms with Crippen molar-refractivity contribution in [3.8, 4) is 0 Å². The zero-order chi connectivity index (χ0) is 10.7. The summed E-state index contributed by atoms with van der Waals surface area (Å²) in [6, 6.07) is 0.269. The smallest absolute Gasteiger partial charge is 0.0767 e. The highest BCUT2D eigenvalue weighted by Gasteiger charge is 2.16. The fourth-order valence-electron chi connectivity index (χ4n) is 1.23. The number of nitrogens with zero attached hydrogens (tertiary/aromatic N) is 2. The Balaban J connectivity index is 2.77. The summed E-state index contributed by atoms with van der Waals surface area (Å²) in [5, 5.41) is 3.25. The Bertz CT molecular complexity index is 236. The van der Waals surface area contributed by atoms with Crippen molar-refractivity contribution in [2.45, 2.75) is 19.1 Å². The monoisotopic (exact) mass is 196 g/mol. The molecule has 0 saturated carbocycles. The Morgan fingerprint density at radius 1 is 1.57 bits per heavy atom. The van der Waals surface area contributed by atoms with Crippen molar-refractivity contribution in [1.29, 1.82) is 0 Å². The standard InChI is InChI=1S/C10H20N4/c1-8-5-6-13(3)9(2)10(11)12-7-14(8)4/h5-6,9-10,12H,1,7,11H2,2-4H3/b6-5-/t9-,10?/m0/s1. The first-order chi connectivity index (χ1) is 6.52. The molecule has 2 atom stereocenters. The summed E-state index contributed by atoms with van der Waals surface area (Å²) in [4.78, 5) is 4.12. The minimum absolute atomic E-state index is 0.0296. The average molecular weight is 196 g/mol. The fourth-order valence-corrected chi connectivity index (χ4v) is 1.23. The van der Waals surface area contributed by atoms with Crippen molar-refractivity contribution in [2.75, 3.05) is 20.8 Å². The molecule has 14 heavy (non-hydrogen) atoms. The van der Waals surface area contributed by atoms with E-state index in [0.717, 1.165) is 12.4 Å². The summed E-state index contributed by atoms with van der Waals surface area (Å²) >= 11 is 0. The Labute approximate surface area is 86.0 Å². The van der Waals surface area contributed by atoms with Gasteiger partial charge in [-0.25, -0.2) is 0 Å². The van der Waals surface area contributed by atoms with Crippen LogP contribution in [0.15, 0.2) is 24.6 Å². The molecule has 0 amide bonds. The van der Waals surface area contributed by atoms with Crippen molar-refractivity contribution in [3.63, 3.8) is 0 Å². The van der Waals surface area contributed by atoms with Gasteiger partial charge >= 0.3 is 0 Å². The van der Waals surface area contributed by atoms with Gasteiger partial charge in [-0.1, -0.05) is 6.58 Å². The van der Waals surface area contributed by atoms with Gasteiger partial charge in [-0.3, -0.25) is 5.32 Å². The lowest BCUT2D eigenvalue weighted by Gasteiger charge is -2.29. The zero-order valence-corrected chi connectivity index (χ0v) is 9.20. The van der Waals surface area contributed by atoms with E-state index in [1.54, 1.807) is 0 Å². The molecule has 1 rings (SSSR count). The molecule has 1 heterocycles. The highest BCUT2D eigenvalue weighted by atomic mass is 15.3. The summed E-state index contributed by atoms with van der Waals surface area (Å²) in [7, 11) is 4.00. The van der Waals surface area contributed by atoms with Gasteiger partial charge in [-0.05, 0) is 13.0 Å². The molecule has 0 fully saturated rings. The van der Waals surface area contributed by atoms with Gasteiger partial charge in [0.2, 0.25) is 0 Å². The molecule has 0 saturated heterocycles. The van der Waals surface area contributed by atoms with Crippen molar-refractivity contribution >= 4 is 0 Å². The Hall–Kier alpha value is -1.00. The normalized spacial score (nSPS) is 32.1. The van der Waals surface area contributed by atoms with Crippen LogP contribution in [-0.2, 0) is 0 Å². The number of nitrogens with two attached hydrogens (primary N) is 1. The second-order valence-corrected chi connectivity index (χ2v) is 3.80. The third-order valence-corrected chi connectivity index (χ3v) is 2.72. The summed E-state index contributed by atoms with van der Waals surface area (Å²) in [6.45, 7) is 6.77. The molecule has 80 valence electrons. The SMILES string of the molecule is C=C1/C=C\N(C)[C@@H](C)C(N)NCN1C. The number of nitrogens with one attached hydrogen (secondary N) is 1. The van der Waals surface area contributed by atoms with E-state index >= 15 is 0 Å². The summed E-state index contributed by atoms with van der Waals surface area (Å²) < 4.78 is 0. The number of allylic oxidation sites excluding steroid dienone is 1. The van der Waals surface area contributed by atoms with Crippen molar-refractivity contribution in [1.82, 2.24) is 15.1 Å². The van der Waals surface area contributed by atoms with Crippen LogP contribution in [0.2, 0.25) is 0 Å². The van der Waals surface area contributed by atoms with Crippen molar-refractivity contribution in [2.24, 2.45) is 5.73 Å². The number of hydrogen-bond donors (Lipinski definition) is 2. The second kappa shape index (κ2) is 4.48. The first-order valence-corrected chi connectivity index (χ1v) is 4.81. The van der Waals surface area contributed by atoms with Gasteiger partial charge in [0.15, 0.2) is 0 Å². The van der Waals surface area contributed by atoms with Gasteiger partial charge in [0.25, 0.3) is 0 Å². The highest BCUT2D eigenvalue weighted by molar-refractivity contribution is 5.13. The summed E-state index contributed by atoms with van der Waals surface area (Å²) in [5.74, 6) is 0. The van der Waals surface area contributed by atoms with Crippen LogP contribution in [0.1, 0.15) is 6.92 Å². The Morgan fingerprint density at radius 3 is 2.86 bits per heavy atom. The van der Waals surface area contributed by atoms with Gasteiger partial charge in [0.1, 0.15) is 0 Å². The molecule has 1 aliphatic rings. The van der Waals surface area contributed by atoms with E-state index in [1.807, 2.05) is 31.3 Å². The van der Waals surface area contributed by atoms with E-state index in [4.69, 9.17) is 5.73 Å². The van der Waals surface area contributed by atoms with Crippen LogP contribution < -0.4 is 11.1 Å². The van der Waals surface area contributed by atoms with Crippen LogP contribution in [0, 0.1) is 0 Å². The second-order valence-electron chi connectivity index (χ2n) is 3.80. The predicted octanol–water partition coefficient (Wildman–Crippen LogP) is 0.111. The Kier molecular flexibility index (Phi) is 3.55. The molecule has 0 aromatic heterocycles. The van der Waals surface area contributed by atoms with E-state index in [-0.39, 0.29) is 12.2 Å². The lowest BCUT2D eigenvalue weighted by molar-refractivity contribution is 0.256. The quantitative estimate of drug-likeness (QED) is 0.577. The molecule has 4 nitrogen and oxygen atoms in total. The zero-order valence-electron chi connectivity index (χ0n) is 9.20. The van der Waals surface area contributed by atoms with Crippen molar-refractivity contribution < 1.29 is 0 Å². The van der Waals surface area contributed by atoms with Gasteiger partial charge < -0.3 is 15.5 Å². The van der Waals surface area contributed by atoms with Crippen molar-refractivity contribution in [3.05, 3.63) is 24.6 Å². The molecule has 1 aliphatic heterocycles. The lowest BCUT2D eigenvalue weighted by atomic mass is 10.2. The van der Waals surface area contributed by atoms with Crippen LogP contribution in [0.3, 0.4) is 0 Å². The lowest BCUT2D eigenvalue weighted by Crippen LogP contribution is -2.52. The predicted molar refractivity (Wildman–Crippen MR) is 59.2 cm³/mol. The molecule has 0 aliphatic carbocycles. The van der Waals surface area contributed by atoms with Gasteiger partial charge in [0.05, 0.1) is 18.9 Å². The van der Waals surface area contributed by atoms with Crippen LogP contribution in [0.25, 0.3) is 0 Å². The molecule has 0 spiro atoms. The molecule has 0 aromatic rings. The van der Waals surface area contributed by atoms with E-state index in [0.29, 0.717) is 0 Å². The van der Waals surface area contributed by atoms with Gasteiger partial charge in [-0.15, -0.1) is 0 Å². The Morgan fingerprint density at radius 2 is 2.21 bits per heavy atom. The van der Waals surface area contributed by atoms with Gasteiger partial charge in [0, 0.05) is 26.0 Å². The minimum atomic E-state index is -0.0296. The largest absolute Gasteiger partial charge is 0.375 e. The third kappa shape index (κ3) is 2.49. The summed E-state index contributed by atoms with van der Waals surface area (Å²) in [5.41, 5.74) is 6.95. The first-order valence-electron chi connectivity index (χ1n) is 4.81. The average Bonchev–Trinajstić information content (AvgIpc) is 2.21. The minimum Gasteiger partial charge on any atom is -0.375 e. The molecule has 3 N–H and O–H groups in total. The van der Waals surface area contributed by atoms with E-state index < -0.39 is 0 Å². The number of likely N-dealkylation sites (N-methyl/N-ethyl adjacent to an activating group) is 2. The maximum atomic E-state index is 5.97. The highest BCUT2D eigenvalue weighted by Crippen LogP contribution is 2.06. The maximum absolute atomic E-state index is 5.97. The first kappa shape index (κ1) is 11.1. The molecular weight excluding hydrogens is 176 g/mol. The van der Waals surface area contributed by atoms with Gasteiger partial charge in [-0.2, -0.15) is 0 Å². The summed E-state index contributed by atoms with van der Waals surface area (Å²) in [6.07, 6.45) is 3.98. The molecule has 0 bridgehead atoms. The third-order valence-electron chi connectivity index (χ3n) is 2.72. The van der Waals surface area contributed by atoms with Crippen LogP contribution in [0.5, 0.6) is 0 Å².